The third kappa shape index (κ3) is 4.60. The first kappa shape index (κ1) is 30.1. The van der Waals surface area contributed by atoms with Crippen LogP contribution in [0.3, 0.4) is 0 Å². The zero-order valence-corrected chi connectivity index (χ0v) is 27.2. The minimum atomic E-state index is -4.76. The summed E-state index contributed by atoms with van der Waals surface area (Å²) in [6.07, 6.45) is 9.81. The van der Waals surface area contributed by atoms with Gasteiger partial charge in [-0.2, -0.15) is 0 Å². The number of rotatable bonds is 4. The van der Waals surface area contributed by atoms with Crippen molar-refractivity contribution in [3.05, 3.63) is 46.5 Å². The number of hydrogen-bond donors (Lipinski definition) is 5. The number of phosphoric acid groups is 1. The van der Waals surface area contributed by atoms with Crippen LogP contribution in [-0.4, -0.2) is 37.5 Å². The van der Waals surface area contributed by atoms with E-state index in [1.165, 1.54) is 12.1 Å². The van der Waals surface area contributed by atoms with E-state index in [9.17, 15) is 29.9 Å². The second-order valence-corrected chi connectivity index (χ2v) is 17.1. The Labute approximate surface area is 265 Å². The zero-order valence-electron chi connectivity index (χ0n) is 26.3. The van der Waals surface area contributed by atoms with Crippen molar-refractivity contribution in [1.29, 1.82) is 0 Å². The number of benzene rings is 2. The number of phosphoric ester groups is 1. The molecule has 0 aliphatic heterocycles. The lowest BCUT2D eigenvalue weighted by Crippen LogP contribution is -2.44. The van der Waals surface area contributed by atoms with Crippen LogP contribution in [0.25, 0.3) is 0 Å². The Balaban J connectivity index is 1.11. The molecule has 0 radical (unpaired) electrons. The first-order chi connectivity index (χ1) is 21.4. The van der Waals surface area contributed by atoms with Crippen molar-refractivity contribution in [3.8, 4) is 23.0 Å². The highest BCUT2D eigenvalue weighted by molar-refractivity contribution is 7.48. The molecule has 2 aromatic carbocycles. The van der Waals surface area contributed by atoms with Gasteiger partial charge >= 0.3 is 7.82 Å². The lowest BCUT2D eigenvalue weighted by molar-refractivity contribution is -0.0229. The predicted molar refractivity (Wildman–Crippen MR) is 169 cm³/mol. The van der Waals surface area contributed by atoms with Gasteiger partial charge in [0.15, 0.2) is 0 Å². The summed E-state index contributed by atoms with van der Waals surface area (Å²) in [5.74, 6) is 2.00. The standard InChI is InChI=1S/C36H47O8P/c1-35-13-11-25-23(27(35)7-9-31(35)39)5-3-19-15-21(37)17-29(33(19)25)43-45(41,42)44-30-18-22(38)16-20-4-6-24-26(34(20)30)12-14-36(2)28(24)8-10-32(36)40/h15-18,23-28,31-32,37-40H,3-14H2,1-2H3,(H,41,42)/t23-,24-,25+,26+,27+,28+,31-,32-,35+,36+/m1/s1. The van der Waals surface area contributed by atoms with E-state index in [-0.39, 0.29) is 57.9 Å². The fourth-order valence-corrected chi connectivity index (χ4v) is 12.5. The van der Waals surface area contributed by atoms with E-state index in [1.54, 1.807) is 12.1 Å². The molecular formula is C36H47O8P. The molecule has 0 saturated heterocycles. The smallest absolute Gasteiger partial charge is 0.508 e. The third-order valence-corrected chi connectivity index (χ3v) is 14.7. The maximum atomic E-state index is 13.9. The Morgan fingerprint density at radius 3 is 1.51 bits per heavy atom. The molecule has 0 bridgehead atoms. The molecule has 10 atom stereocenters. The largest absolute Gasteiger partial charge is 0.584 e. The number of aliphatic hydroxyl groups excluding tert-OH is 2. The van der Waals surface area contributed by atoms with E-state index in [2.05, 4.69) is 13.8 Å². The lowest BCUT2D eigenvalue weighted by Gasteiger charge is -2.50. The van der Waals surface area contributed by atoms with Crippen molar-refractivity contribution in [2.45, 2.75) is 115 Å². The molecule has 8 nitrogen and oxygen atoms in total. The molecule has 6 aliphatic rings. The van der Waals surface area contributed by atoms with Crippen LogP contribution in [0.2, 0.25) is 0 Å². The number of aryl methyl sites for hydroxylation is 2. The first-order valence-electron chi connectivity index (χ1n) is 17.2. The molecule has 0 aromatic heterocycles. The highest BCUT2D eigenvalue weighted by Crippen LogP contribution is 2.65. The van der Waals surface area contributed by atoms with Gasteiger partial charge in [0.25, 0.3) is 0 Å². The van der Waals surface area contributed by atoms with Gasteiger partial charge in [-0.1, -0.05) is 13.8 Å². The second kappa shape index (κ2) is 10.4. The molecule has 8 rings (SSSR count). The van der Waals surface area contributed by atoms with Gasteiger partial charge in [0.1, 0.15) is 23.0 Å². The highest BCUT2D eigenvalue weighted by Gasteiger charge is 2.56. The van der Waals surface area contributed by atoms with Crippen LogP contribution in [0.1, 0.15) is 112 Å². The number of hydrogen-bond acceptors (Lipinski definition) is 7. The number of phenolic OH excluding ortho intramolecular Hbond substituents is 2. The van der Waals surface area contributed by atoms with Gasteiger partial charge in [-0.3, -0.25) is 4.89 Å². The maximum Gasteiger partial charge on any atom is 0.584 e. The molecule has 0 heterocycles. The van der Waals surface area contributed by atoms with Gasteiger partial charge in [-0.05, 0) is 147 Å². The minimum absolute atomic E-state index is 0.0132. The lowest BCUT2D eigenvalue weighted by atomic mass is 9.55. The number of fused-ring (bicyclic) bond motifs is 10. The van der Waals surface area contributed by atoms with Crippen LogP contribution in [0.4, 0.5) is 0 Å². The van der Waals surface area contributed by atoms with Crippen LogP contribution in [0, 0.1) is 34.5 Å². The summed E-state index contributed by atoms with van der Waals surface area (Å²) in [4.78, 5) is 11.3. The molecule has 244 valence electrons. The van der Waals surface area contributed by atoms with Crippen molar-refractivity contribution < 1.29 is 38.9 Å². The summed E-state index contributed by atoms with van der Waals surface area (Å²) in [5, 5.41) is 42.9. The normalized spacial score (nSPS) is 41.0. The van der Waals surface area contributed by atoms with Crippen molar-refractivity contribution >= 4 is 7.82 Å². The molecular weight excluding hydrogens is 591 g/mol. The molecule has 6 aliphatic carbocycles. The van der Waals surface area contributed by atoms with Gasteiger partial charge in [0.05, 0.1) is 12.2 Å². The van der Waals surface area contributed by atoms with Gasteiger partial charge in [0.2, 0.25) is 0 Å². The molecule has 0 unspecified atom stereocenters. The summed E-state index contributed by atoms with van der Waals surface area (Å²) in [7, 11) is -4.76. The highest BCUT2D eigenvalue weighted by atomic mass is 31.2. The van der Waals surface area contributed by atoms with Gasteiger partial charge in [0, 0.05) is 23.3 Å². The maximum absolute atomic E-state index is 13.9. The average molecular weight is 639 g/mol. The van der Waals surface area contributed by atoms with E-state index < -0.39 is 7.82 Å². The quantitative estimate of drug-likeness (QED) is 0.224. The molecule has 5 N–H and O–H groups in total. The molecule has 4 saturated carbocycles. The fourth-order valence-electron chi connectivity index (χ4n) is 11.7. The Hall–Kier alpha value is -2.25. The number of aromatic hydroxyl groups is 2. The van der Waals surface area contributed by atoms with E-state index in [4.69, 9.17) is 9.05 Å². The molecule has 0 spiro atoms. The van der Waals surface area contributed by atoms with Gasteiger partial charge < -0.3 is 29.5 Å². The summed E-state index contributed by atoms with van der Waals surface area (Å²) in [6, 6.07) is 6.38. The van der Waals surface area contributed by atoms with Crippen LogP contribution < -0.4 is 9.05 Å². The van der Waals surface area contributed by atoms with E-state index >= 15 is 0 Å². The Bertz CT molecular complexity index is 1460. The van der Waals surface area contributed by atoms with Crippen LogP contribution in [-0.2, 0) is 17.4 Å². The summed E-state index contributed by atoms with van der Waals surface area (Å²) in [6.45, 7) is 4.43. The average Bonchev–Trinajstić information content (AvgIpc) is 3.46. The first-order valence-corrected chi connectivity index (χ1v) is 18.7. The zero-order chi connectivity index (χ0) is 31.5. The summed E-state index contributed by atoms with van der Waals surface area (Å²) in [5.41, 5.74) is 3.44. The fraction of sp³-hybridized carbons (Fsp3) is 0.667. The Morgan fingerprint density at radius 1 is 0.667 bits per heavy atom. The number of aliphatic hydroxyl groups is 2. The van der Waals surface area contributed by atoms with E-state index in [0.717, 1.165) is 99.3 Å². The van der Waals surface area contributed by atoms with E-state index in [0.29, 0.717) is 23.7 Å². The molecule has 2 aromatic rings. The Morgan fingerprint density at radius 2 is 1.09 bits per heavy atom. The monoisotopic (exact) mass is 638 g/mol. The Kier molecular flexibility index (Phi) is 6.94. The van der Waals surface area contributed by atoms with E-state index in [1.807, 2.05) is 0 Å². The van der Waals surface area contributed by atoms with Crippen LogP contribution in [0.15, 0.2) is 24.3 Å². The minimum Gasteiger partial charge on any atom is -0.508 e. The predicted octanol–water partition coefficient (Wildman–Crippen LogP) is 7.09. The van der Waals surface area contributed by atoms with Crippen molar-refractivity contribution in [2.75, 3.05) is 0 Å². The van der Waals surface area contributed by atoms with Crippen molar-refractivity contribution in [2.24, 2.45) is 34.5 Å². The van der Waals surface area contributed by atoms with Crippen molar-refractivity contribution in [1.82, 2.24) is 0 Å². The van der Waals surface area contributed by atoms with Gasteiger partial charge in [-0.15, -0.1) is 0 Å². The SMILES string of the molecule is C[C@]12CC[C@@H]3c4c(cc(O)cc4OP(=O)(O)Oc4cc(O)cc5c4[C@H]4CC[C@]6(C)[C@H](O)CC[C@H]6[C@@H]4CC5)CC[C@H]3[C@@H]1CC[C@H]2O. The number of phenols is 2. The summed E-state index contributed by atoms with van der Waals surface area (Å²) >= 11 is 0. The van der Waals surface area contributed by atoms with Crippen LogP contribution in [0.5, 0.6) is 23.0 Å². The topological polar surface area (TPSA) is 137 Å². The molecule has 9 heteroatoms. The second-order valence-electron chi connectivity index (χ2n) is 15.8. The third-order valence-electron chi connectivity index (χ3n) is 13.9. The molecule has 45 heavy (non-hydrogen) atoms. The van der Waals surface area contributed by atoms with Crippen molar-refractivity contribution in [3.63, 3.8) is 0 Å². The van der Waals surface area contributed by atoms with Crippen LogP contribution >= 0.6 is 7.82 Å². The summed E-state index contributed by atoms with van der Waals surface area (Å²) < 4.78 is 25.7. The molecule has 4 fully saturated rings. The molecule has 0 amide bonds. The van der Waals surface area contributed by atoms with Gasteiger partial charge in [-0.25, -0.2) is 4.57 Å².